The third kappa shape index (κ3) is 3.38. The highest BCUT2D eigenvalue weighted by Gasteiger charge is 2.08. The zero-order valence-electron chi connectivity index (χ0n) is 3.90. The summed E-state index contributed by atoms with van der Waals surface area (Å²) >= 11 is 4.68. The number of hydrogen-bond donors (Lipinski definition) is 0. The Morgan fingerprint density at radius 1 is 2.00 bits per heavy atom. The van der Waals surface area contributed by atoms with Crippen LogP contribution in [-0.2, 0) is 4.79 Å². The molecular formula is C4H3BrINO. The van der Waals surface area contributed by atoms with Gasteiger partial charge in [0.2, 0.25) is 3.79 Å². The van der Waals surface area contributed by atoms with Gasteiger partial charge < -0.3 is 0 Å². The van der Waals surface area contributed by atoms with Crippen molar-refractivity contribution in [3.05, 3.63) is 0 Å². The van der Waals surface area contributed by atoms with E-state index in [9.17, 15) is 4.79 Å². The Bertz CT molecular complexity index is 130. The second-order valence-corrected chi connectivity index (χ2v) is 3.30. The standard InChI is InChI=1S/C4H3BrINO/c5-3(1-2-7)4(6)8/h3H,1H2. The first-order chi connectivity index (χ1) is 3.68. The number of halogens is 2. The largest absolute Gasteiger partial charge is 0.286 e. The molecule has 0 heterocycles. The predicted octanol–water partition coefficient (Wildman–Crippen LogP) is 1.63. The van der Waals surface area contributed by atoms with Gasteiger partial charge in [0.15, 0.2) is 0 Å². The van der Waals surface area contributed by atoms with Crippen LogP contribution in [0.2, 0.25) is 0 Å². The van der Waals surface area contributed by atoms with Crippen molar-refractivity contribution in [1.29, 1.82) is 5.26 Å². The molecule has 1 atom stereocenters. The third-order valence-electron chi connectivity index (χ3n) is 0.517. The van der Waals surface area contributed by atoms with E-state index in [1.54, 1.807) is 22.6 Å². The van der Waals surface area contributed by atoms with Crippen molar-refractivity contribution >= 4 is 42.3 Å². The maximum Gasteiger partial charge on any atom is 0.206 e. The second kappa shape index (κ2) is 4.27. The van der Waals surface area contributed by atoms with E-state index in [1.165, 1.54) is 0 Å². The molecule has 0 rings (SSSR count). The minimum Gasteiger partial charge on any atom is -0.286 e. The Balaban J connectivity index is 3.52. The lowest BCUT2D eigenvalue weighted by atomic mass is 10.4. The minimum atomic E-state index is -0.284. The Hall–Kier alpha value is 0.370. The summed E-state index contributed by atoms with van der Waals surface area (Å²) < 4.78 is -0.0239. The number of nitriles is 1. The lowest BCUT2D eigenvalue weighted by molar-refractivity contribution is -0.108. The number of nitrogens with zero attached hydrogens (tertiary/aromatic N) is 1. The van der Waals surface area contributed by atoms with E-state index < -0.39 is 0 Å². The van der Waals surface area contributed by atoms with Crippen LogP contribution in [0.25, 0.3) is 0 Å². The van der Waals surface area contributed by atoms with Crippen LogP contribution < -0.4 is 0 Å². The minimum absolute atomic E-state index is 0.0239. The summed E-state index contributed by atoms with van der Waals surface area (Å²) in [6.07, 6.45) is 0.252. The van der Waals surface area contributed by atoms with Crippen molar-refractivity contribution < 1.29 is 4.79 Å². The molecule has 4 heteroatoms. The van der Waals surface area contributed by atoms with E-state index in [0.717, 1.165) is 0 Å². The van der Waals surface area contributed by atoms with Crippen LogP contribution in [0.15, 0.2) is 0 Å². The van der Waals surface area contributed by atoms with Gasteiger partial charge in [-0.3, -0.25) is 4.79 Å². The molecular weight excluding hydrogens is 285 g/mol. The second-order valence-electron chi connectivity index (χ2n) is 1.13. The van der Waals surface area contributed by atoms with E-state index in [4.69, 9.17) is 5.26 Å². The van der Waals surface area contributed by atoms with Gasteiger partial charge in [-0.2, -0.15) is 5.26 Å². The third-order valence-corrected chi connectivity index (χ3v) is 2.86. The molecule has 0 aliphatic heterocycles. The summed E-state index contributed by atoms with van der Waals surface area (Å²) in [5.74, 6) is 0. The maximum absolute atomic E-state index is 10.3. The molecule has 0 fully saturated rings. The Morgan fingerprint density at radius 3 is 2.62 bits per heavy atom. The van der Waals surface area contributed by atoms with Gasteiger partial charge in [-0.25, -0.2) is 0 Å². The molecule has 0 aromatic heterocycles. The van der Waals surface area contributed by atoms with Crippen LogP contribution >= 0.6 is 38.5 Å². The highest BCUT2D eigenvalue weighted by Crippen LogP contribution is 2.08. The maximum atomic E-state index is 10.3. The van der Waals surface area contributed by atoms with Gasteiger partial charge in [0.1, 0.15) is 0 Å². The molecule has 0 amide bonds. The molecule has 0 aromatic rings. The van der Waals surface area contributed by atoms with E-state index in [-0.39, 0.29) is 15.0 Å². The first kappa shape index (κ1) is 8.37. The molecule has 2 nitrogen and oxygen atoms in total. The fourth-order valence-electron chi connectivity index (χ4n) is 0.160. The van der Waals surface area contributed by atoms with Gasteiger partial charge in [0.05, 0.1) is 17.3 Å². The van der Waals surface area contributed by atoms with Gasteiger partial charge >= 0.3 is 0 Å². The quantitative estimate of drug-likeness (QED) is 0.440. The molecule has 0 radical (unpaired) electrons. The molecule has 44 valence electrons. The lowest BCUT2D eigenvalue weighted by Crippen LogP contribution is -2.03. The smallest absolute Gasteiger partial charge is 0.206 e. The molecule has 0 aliphatic carbocycles. The van der Waals surface area contributed by atoms with Gasteiger partial charge in [0.25, 0.3) is 0 Å². The van der Waals surface area contributed by atoms with Crippen molar-refractivity contribution in [2.75, 3.05) is 0 Å². The SMILES string of the molecule is N#CCC(Br)C(=O)I. The molecule has 0 aromatic carbocycles. The van der Waals surface area contributed by atoms with E-state index >= 15 is 0 Å². The van der Waals surface area contributed by atoms with Crippen LogP contribution in [0.3, 0.4) is 0 Å². The van der Waals surface area contributed by atoms with Crippen molar-refractivity contribution in [1.82, 2.24) is 0 Å². The highest BCUT2D eigenvalue weighted by molar-refractivity contribution is 14.1. The zero-order chi connectivity index (χ0) is 6.57. The monoisotopic (exact) mass is 287 g/mol. The summed E-state index contributed by atoms with van der Waals surface area (Å²) in [6.45, 7) is 0. The first-order valence-electron chi connectivity index (χ1n) is 1.89. The van der Waals surface area contributed by atoms with Gasteiger partial charge in [-0.05, 0) is 0 Å². The first-order valence-corrected chi connectivity index (χ1v) is 3.88. The molecule has 0 saturated carbocycles. The molecule has 1 unspecified atom stereocenters. The molecule has 0 spiro atoms. The number of carbonyl (C=O) groups is 1. The summed E-state index contributed by atoms with van der Waals surface area (Å²) in [5, 5.41) is 8.05. The van der Waals surface area contributed by atoms with Crippen LogP contribution in [0, 0.1) is 11.3 Å². The van der Waals surface area contributed by atoms with E-state index in [0.29, 0.717) is 0 Å². The predicted molar refractivity (Wildman–Crippen MR) is 42.0 cm³/mol. The fourth-order valence-corrected chi connectivity index (χ4v) is 0.525. The average molecular weight is 288 g/mol. The van der Waals surface area contributed by atoms with Crippen molar-refractivity contribution in [3.8, 4) is 6.07 Å². The zero-order valence-corrected chi connectivity index (χ0v) is 7.64. The summed E-state index contributed by atoms with van der Waals surface area (Å²) in [6, 6.07) is 1.88. The highest BCUT2D eigenvalue weighted by atomic mass is 127. The molecule has 0 N–H and O–H groups in total. The topological polar surface area (TPSA) is 40.9 Å². The normalized spacial score (nSPS) is 12.1. The molecule has 0 aliphatic rings. The van der Waals surface area contributed by atoms with Crippen LogP contribution in [0.5, 0.6) is 0 Å². The fraction of sp³-hybridized carbons (Fsp3) is 0.500. The van der Waals surface area contributed by atoms with Gasteiger partial charge in [-0.15, -0.1) is 0 Å². The van der Waals surface area contributed by atoms with Crippen molar-refractivity contribution in [2.24, 2.45) is 0 Å². The Labute approximate surface area is 69.5 Å². The summed E-state index contributed by atoms with van der Waals surface area (Å²) in [7, 11) is 0. The van der Waals surface area contributed by atoms with Crippen molar-refractivity contribution in [2.45, 2.75) is 11.2 Å². The Morgan fingerprint density at radius 2 is 2.50 bits per heavy atom. The van der Waals surface area contributed by atoms with Crippen LogP contribution in [0.1, 0.15) is 6.42 Å². The molecule has 8 heavy (non-hydrogen) atoms. The van der Waals surface area contributed by atoms with E-state index in [1.807, 2.05) is 6.07 Å². The summed E-state index contributed by atoms with van der Waals surface area (Å²) in [5.41, 5.74) is 0. The Kier molecular flexibility index (Phi) is 4.47. The van der Waals surface area contributed by atoms with Gasteiger partial charge in [-0.1, -0.05) is 15.9 Å². The lowest BCUT2D eigenvalue weighted by Gasteiger charge is -1.92. The molecule has 0 saturated heterocycles. The number of hydrogen-bond acceptors (Lipinski definition) is 2. The van der Waals surface area contributed by atoms with E-state index in [2.05, 4.69) is 15.9 Å². The number of rotatable bonds is 2. The van der Waals surface area contributed by atoms with Gasteiger partial charge in [0, 0.05) is 22.6 Å². The van der Waals surface area contributed by atoms with Crippen LogP contribution in [0.4, 0.5) is 0 Å². The van der Waals surface area contributed by atoms with Crippen LogP contribution in [-0.4, -0.2) is 8.62 Å². The summed E-state index contributed by atoms with van der Waals surface area (Å²) in [4.78, 5) is 10.0. The number of alkyl halides is 1. The van der Waals surface area contributed by atoms with Crippen molar-refractivity contribution in [3.63, 3.8) is 0 Å². The molecule has 0 bridgehead atoms. The number of carbonyl (C=O) groups excluding carboxylic acids is 1. The average Bonchev–Trinajstić information content (AvgIpc) is 1.67.